The van der Waals surface area contributed by atoms with E-state index in [0.29, 0.717) is 5.56 Å². The Morgan fingerprint density at radius 3 is 3.10 bits per heavy atom. The zero-order valence-electron chi connectivity index (χ0n) is 11.9. The lowest BCUT2D eigenvalue weighted by Crippen LogP contribution is -2.54. The fraction of sp³-hybridized carbons (Fsp3) is 0.533. The minimum Gasteiger partial charge on any atom is -0.296 e. The molecule has 5 nitrogen and oxygen atoms in total. The summed E-state index contributed by atoms with van der Waals surface area (Å²) in [5.74, 6) is 1.60. The van der Waals surface area contributed by atoms with Crippen molar-refractivity contribution in [1.29, 1.82) is 0 Å². The SMILES string of the molecule is CCCCCN1C2=NCCCN2C(=O)c2cccnc21. The highest BCUT2D eigenvalue weighted by atomic mass is 16.2. The molecule has 0 atom stereocenters. The maximum Gasteiger partial charge on any atom is 0.264 e. The first-order valence-electron chi connectivity index (χ1n) is 7.42. The number of pyridine rings is 1. The molecule has 2 aliphatic heterocycles. The van der Waals surface area contributed by atoms with Gasteiger partial charge in [0, 0.05) is 25.8 Å². The first-order chi connectivity index (χ1) is 9.83. The highest BCUT2D eigenvalue weighted by Crippen LogP contribution is 2.28. The zero-order valence-corrected chi connectivity index (χ0v) is 11.9. The van der Waals surface area contributed by atoms with Gasteiger partial charge in [0.1, 0.15) is 5.82 Å². The lowest BCUT2D eigenvalue weighted by molar-refractivity contribution is 0.0833. The van der Waals surface area contributed by atoms with E-state index in [4.69, 9.17) is 0 Å². The van der Waals surface area contributed by atoms with E-state index >= 15 is 0 Å². The van der Waals surface area contributed by atoms with Crippen molar-refractivity contribution < 1.29 is 4.79 Å². The largest absolute Gasteiger partial charge is 0.296 e. The molecule has 0 N–H and O–H groups in total. The molecule has 0 radical (unpaired) electrons. The molecule has 3 rings (SSSR count). The van der Waals surface area contributed by atoms with Crippen LogP contribution >= 0.6 is 0 Å². The Morgan fingerprint density at radius 1 is 1.35 bits per heavy atom. The molecule has 0 unspecified atom stereocenters. The number of rotatable bonds is 4. The molecule has 0 saturated carbocycles. The Balaban J connectivity index is 1.97. The fourth-order valence-electron chi connectivity index (χ4n) is 2.76. The summed E-state index contributed by atoms with van der Waals surface area (Å²) < 4.78 is 0. The van der Waals surface area contributed by atoms with E-state index in [1.807, 2.05) is 12.1 Å². The average Bonchev–Trinajstić information content (AvgIpc) is 2.51. The molecule has 5 heteroatoms. The van der Waals surface area contributed by atoms with Gasteiger partial charge >= 0.3 is 0 Å². The smallest absolute Gasteiger partial charge is 0.264 e. The molecule has 0 aromatic carbocycles. The molecule has 3 heterocycles. The van der Waals surface area contributed by atoms with Crippen LogP contribution in [-0.4, -0.2) is 41.4 Å². The third-order valence-electron chi connectivity index (χ3n) is 3.78. The van der Waals surface area contributed by atoms with Crippen molar-refractivity contribution in [3.63, 3.8) is 0 Å². The van der Waals surface area contributed by atoms with Crippen molar-refractivity contribution in [3.8, 4) is 0 Å². The zero-order chi connectivity index (χ0) is 13.9. The van der Waals surface area contributed by atoms with E-state index in [0.717, 1.165) is 44.3 Å². The van der Waals surface area contributed by atoms with Gasteiger partial charge in [-0.15, -0.1) is 0 Å². The number of carbonyl (C=O) groups is 1. The number of nitrogens with zero attached hydrogens (tertiary/aromatic N) is 4. The standard InChI is InChI=1S/C15H20N4O/c1-2-3-4-10-18-13-12(7-5-8-16-13)14(20)19-11-6-9-17-15(18)19/h5,7-8H,2-4,6,9-11H2,1H3. The number of carbonyl (C=O) groups excluding carboxylic acids is 1. The molecule has 1 aromatic heterocycles. The summed E-state index contributed by atoms with van der Waals surface area (Å²) in [5, 5.41) is 0. The molecule has 0 fully saturated rings. The predicted molar refractivity (Wildman–Crippen MR) is 79.1 cm³/mol. The van der Waals surface area contributed by atoms with Crippen LogP contribution in [0.2, 0.25) is 0 Å². The van der Waals surface area contributed by atoms with Crippen molar-refractivity contribution >= 4 is 17.7 Å². The first kappa shape index (κ1) is 13.1. The molecule has 106 valence electrons. The average molecular weight is 272 g/mol. The molecule has 0 saturated heterocycles. The number of hydrogen-bond donors (Lipinski definition) is 0. The number of guanidine groups is 1. The molecule has 2 aliphatic rings. The summed E-state index contributed by atoms with van der Waals surface area (Å²) in [5.41, 5.74) is 0.699. The Bertz CT molecular complexity index is 540. The van der Waals surface area contributed by atoms with E-state index in [-0.39, 0.29) is 5.91 Å². The number of anilines is 1. The van der Waals surface area contributed by atoms with Crippen molar-refractivity contribution in [2.45, 2.75) is 32.6 Å². The molecule has 0 aliphatic carbocycles. The van der Waals surface area contributed by atoms with Crippen LogP contribution in [0, 0.1) is 0 Å². The Morgan fingerprint density at radius 2 is 2.25 bits per heavy atom. The van der Waals surface area contributed by atoms with E-state index in [2.05, 4.69) is 21.8 Å². The first-order valence-corrected chi connectivity index (χ1v) is 7.42. The number of unbranched alkanes of at least 4 members (excludes halogenated alkanes) is 2. The van der Waals surface area contributed by atoms with Crippen molar-refractivity contribution in [3.05, 3.63) is 23.9 Å². The quantitative estimate of drug-likeness (QED) is 0.790. The van der Waals surface area contributed by atoms with Crippen LogP contribution in [0.4, 0.5) is 5.82 Å². The molecule has 1 aromatic rings. The number of hydrogen-bond acceptors (Lipinski definition) is 4. The summed E-state index contributed by atoms with van der Waals surface area (Å²) in [6.07, 6.45) is 6.14. The van der Waals surface area contributed by atoms with Gasteiger partial charge in [0.2, 0.25) is 5.96 Å². The number of aliphatic imine (C=N–C) groups is 1. The van der Waals surface area contributed by atoms with Gasteiger partial charge in [0.25, 0.3) is 5.91 Å². The molecule has 0 spiro atoms. The predicted octanol–water partition coefficient (Wildman–Crippen LogP) is 2.29. The van der Waals surface area contributed by atoms with Crippen molar-refractivity contribution in [2.24, 2.45) is 4.99 Å². The Kier molecular flexibility index (Phi) is 3.67. The van der Waals surface area contributed by atoms with Gasteiger partial charge in [-0.25, -0.2) is 4.98 Å². The van der Waals surface area contributed by atoms with Crippen LogP contribution in [0.15, 0.2) is 23.3 Å². The summed E-state index contributed by atoms with van der Waals surface area (Å²) in [7, 11) is 0. The van der Waals surface area contributed by atoms with Crippen LogP contribution in [-0.2, 0) is 0 Å². The van der Waals surface area contributed by atoms with Crippen molar-refractivity contribution in [1.82, 2.24) is 9.88 Å². The molecule has 20 heavy (non-hydrogen) atoms. The van der Waals surface area contributed by atoms with Crippen LogP contribution in [0.3, 0.4) is 0 Å². The van der Waals surface area contributed by atoms with Gasteiger partial charge in [-0.2, -0.15) is 0 Å². The molecular weight excluding hydrogens is 252 g/mol. The van der Waals surface area contributed by atoms with E-state index in [9.17, 15) is 4.79 Å². The summed E-state index contributed by atoms with van der Waals surface area (Å²) in [6.45, 7) is 4.62. The number of amides is 1. The van der Waals surface area contributed by atoms with Gasteiger partial charge in [-0.1, -0.05) is 19.8 Å². The Labute approximate surface area is 119 Å². The Hall–Kier alpha value is -1.91. The number of fused-ring (bicyclic) bond motifs is 2. The highest BCUT2D eigenvalue weighted by molar-refractivity contribution is 6.18. The second kappa shape index (κ2) is 5.61. The second-order valence-corrected chi connectivity index (χ2v) is 5.23. The summed E-state index contributed by atoms with van der Waals surface area (Å²) >= 11 is 0. The maximum atomic E-state index is 12.5. The maximum absolute atomic E-state index is 12.5. The van der Waals surface area contributed by atoms with Crippen LogP contribution in [0.25, 0.3) is 0 Å². The van der Waals surface area contributed by atoms with Crippen LogP contribution < -0.4 is 4.90 Å². The monoisotopic (exact) mass is 272 g/mol. The third kappa shape index (κ3) is 2.17. The van der Waals surface area contributed by atoms with E-state index in [1.54, 1.807) is 11.1 Å². The lowest BCUT2D eigenvalue weighted by atomic mass is 10.1. The van der Waals surface area contributed by atoms with Gasteiger partial charge in [0.05, 0.1) is 5.56 Å². The number of aromatic nitrogens is 1. The van der Waals surface area contributed by atoms with Gasteiger partial charge in [-0.05, 0) is 25.0 Å². The summed E-state index contributed by atoms with van der Waals surface area (Å²) in [4.78, 5) is 25.4. The van der Waals surface area contributed by atoms with E-state index < -0.39 is 0 Å². The normalized spacial score (nSPS) is 17.6. The second-order valence-electron chi connectivity index (χ2n) is 5.23. The van der Waals surface area contributed by atoms with Gasteiger partial charge in [-0.3, -0.25) is 19.6 Å². The molecular formula is C15H20N4O. The molecule has 0 bridgehead atoms. The minimum absolute atomic E-state index is 0.0401. The fourth-order valence-corrected chi connectivity index (χ4v) is 2.76. The minimum atomic E-state index is 0.0401. The van der Waals surface area contributed by atoms with Crippen LogP contribution in [0.1, 0.15) is 43.0 Å². The van der Waals surface area contributed by atoms with Crippen molar-refractivity contribution in [2.75, 3.05) is 24.5 Å². The van der Waals surface area contributed by atoms with Gasteiger partial charge < -0.3 is 0 Å². The lowest BCUT2D eigenvalue weighted by Gasteiger charge is -2.39. The third-order valence-corrected chi connectivity index (χ3v) is 3.78. The molecule has 1 amide bonds. The van der Waals surface area contributed by atoms with Gasteiger partial charge in [0.15, 0.2) is 0 Å². The topological polar surface area (TPSA) is 48.8 Å². The summed E-state index contributed by atoms with van der Waals surface area (Å²) in [6, 6.07) is 3.69. The highest BCUT2D eigenvalue weighted by Gasteiger charge is 2.36. The van der Waals surface area contributed by atoms with E-state index in [1.165, 1.54) is 12.8 Å². The van der Waals surface area contributed by atoms with Crippen LogP contribution in [0.5, 0.6) is 0 Å².